The van der Waals surface area contributed by atoms with Gasteiger partial charge in [-0.2, -0.15) is 0 Å². The van der Waals surface area contributed by atoms with Crippen LogP contribution < -0.4 is 4.74 Å². The number of carbonyl (C=O) groups is 4. The van der Waals surface area contributed by atoms with Crippen LogP contribution in [0.1, 0.15) is 39.6 Å². The lowest BCUT2D eigenvalue weighted by molar-refractivity contribution is -0.174. The number of hydrogen-bond donors (Lipinski definition) is 0. The third kappa shape index (κ3) is 6.86. The van der Waals surface area contributed by atoms with Crippen molar-refractivity contribution in [3.63, 3.8) is 0 Å². The summed E-state index contributed by atoms with van der Waals surface area (Å²) in [7, 11) is 0. The maximum atomic E-state index is 14.2. The number of esters is 1. The van der Waals surface area contributed by atoms with Crippen LogP contribution in [0.4, 0.5) is 0 Å². The molecule has 0 saturated carbocycles. The zero-order valence-corrected chi connectivity index (χ0v) is 25.4. The molecule has 0 N–H and O–H groups in total. The minimum atomic E-state index is -0.881. The summed E-state index contributed by atoms with van der Waals surface area (Å²) in [6, 6.07) is 34.4. The monoisotopic (exact) mass is 619 g/mol. The number of fused-ring (bicyclic) bond motifs is 1. The van der Waals surface area contributed by atoms with Crippen molar-refractivity contribution in [1.29, 1.82) is 0 Å². The smallest absolute Gasteiger partial charge is 0.330 e. The molecule has 0 spiro atoms. The number of nitrogens with zero attached hydrogens (tertiary/aromatic N) is 1. The van der Waals surface area contributed by atoms with E-state index < -0.39 is 24.0 Å². The molecule has 0 aromatic heterocycles. The Morgan fingerprint density at radius 1 is 0.844 bits per heavy atom. The highest BCUT2D eigenvalue weighted by molar-refractivity contribution is 8.00. The first kappa shape index (κ1) is 30.3. The molecule has 4 atom stereocenters. The van der Waals surface area contributed by atoms with Gasteiger partial charge in [-0.25, -0.2) is 4.79 Å². The van der Waals surface area contributed by atoms with Gasteiger partial charge in [0, 0.05) is 30.1 Å². The largest absolute Gasteiger partial charge is 0.493 e. The lowest BCUT2D eigenvalue weighted by Crippen LogP contribution is -2.70. The van der Waals surface area contributed by atoms with Gasteiger partial charge in [-0.3, -0.25) is 14.4 Å². The van der Waals surface area contributed by atoms with Gasteiger partial charge in [-0.1, -0.05) is 91.0 Å². The summed E-state index contributed by atoms with van der Waals surface area (Å²) in [5.41, 5.74) is 3.09. The summed E-state index contributed by atoms with van der Waals surface area (Å²) in [4.78, 5) is 53.5. The average molecular weight is 620 g/mol. The number of benzene rings is 4. The Bertz CT molecular complexity index is 1590. The second-order valence-corrected chi connectivity index (χ2v) is 12.5. The molecular formula is C37H33NO6S. The van der Waals surface area contributed by atoms with E-state index in [0.717, 1.165) is 23.0 Å². The second kappa shape index (κ2) is 13.9. The molecule has 7 nitrogen and oxygen atoms in total. The number of thioether (sulfide) groups is 1. The number of β-lactam (4-membered cyclic amide) rings is 1. The molecule has 2 aliphatic heterocycles. The number of ether oxygens (including phenoxy) is 2. The van der Waals surface area contributed by atoms with E-state index in [1.165, 1.54) is 0 Å². The summed E-state index contributed by atoms with van der Waals surface area (Å²) in [5.74, 6) is -0.468. The number of ketones is 1. The predicted molar refractivity (Wildman–Crippen MR) is 172 cm³/mol. The number of hydrogen-bond acceptors (Lipinski definition) is 7. The lowest BCUT2D eigenvalue weighted by atomic mass is 9.86. The van der Waals surface area contributed by atoms with E-state index in [2.05, 4.69) is 0 Å². The molecule has 2 heterocycles. The molecule has 0 aliphatic carbocycles. The van der Waals surface area contributed by atoms with Crippen molar-refractivity contribution < 1.29 is 28.7 Å². The highest BCUT2D eigenvalue weighted by Gasteiger charge is 2.58. The quantitative estimate of drug-likeness (QED) is 0.110. The van der Waals surface area contributed by atoms with Gasteiger partial charge in [-0.15, -0.1) is 11.8 Å². The Labute approximate surface area is 266 Å². The summed E-state index contributed by atoms with van der Waals surface area (Å²) >= 11 is 1.57. The lowest BCUT2D eigenvalue weighted by Gasteiger charge is -2.54. The molecule has 2 saturated heterocycles. The number of rotatable bonds is 12. The molecular weight excluding hydrogens is 586 g/mol. The van der Waals surface area contributed by atoms with E-state index in [1.807, 2.05) is 91.0 Å². The minimum absolute atomic E-state index is 0.00336. The first-order valence-electron chi connectivity index (χ1n) is 15.0. The number of Topliss-reactive ketones (excluding diaryl/α,β-unsaturated/α-hetero) is 1. The Morgan fingerprint density at radius 3 is 2.04 bits per heavy atom. The van der Waals surface area contributed by atoms with Crippen molar-refractivity contribution in [3.8, 4) is 5.75 Å². The fraction of sp³-hybridized carbons (Fsp3) is 0.243. The van der Waals surface area contributed by atoms with E-state index in [0.29, 0.717) is 17.1 Å². The van der Waals surface area contributed by atoms with Gasteiger partial charge in [0.25, 0.3) is 0 Å². The molecule has 4 aromatic rings. The Kier molecular flexibility index (Phi) is 9.41. The third-order valence-corrected chi connectivity index (χ3v) is 9.79. The SMILES string of the molecule is O=Cc1ccc(OCC2CS[C@@H]3[C@H](CC(=O)Cc4ccccc4)C(=O)N3C2C(=O)OC(c2ccccc2)c2ccccc2)cc1. The van der Waals surface area contributed by atoms with Crippen LogP contribution >= 0.6 is 11.8 Å². The zero-order valence-electron chi connectivity index (χ0n) is 24.6. The fourth-order valence-electron chi connectivity index (χ4n) is 5.97. The number of aldehydes is 1. The van der Waals surface area contributed by atoms with Gasteiger partial charge in [0.1, 0.15) is 23.9 Å². The van der Waals surface area contributed by atoms with Crippen molar-refractivity contribution in [2.75, 3.05) is 12.4 Å². The molecule has 228 valence electrons. The predicted octanol–water partition coefficient (Wildman–Crippen LogP) is 5.93. The molecule has 2 aliphatic rings. The molecule has 1 amide bonds. The van der Waals surface area contributed by atoms with Crippen LogP contribution in [0.25, 0.3) is 0 Å². The Balaban J connectivity index is 1.23. The maximum absolute atomic E-state index is 14.2. The van der Waals surface area contributed by atoms with Crippen LogP contribution in [0.15, 0.2) is 115 Å². The minimum Gasteiger partial charge on any atom is -0.493 e. The normalized spacial score (nSPS) is 20.6. The van der Waals surface area contributed by atoms with Crippen molar-refractivity contribution in [3.05, 3.63) is 138 Å². The van der Waals surface area contributed by atoms with Gasteiger partial charge in [-0.05, 0) is 41.0 Å². The van der Waals surface area contributed by atoms with Crippen LogP contribution in [0.5, 0.6) is 5.75 Å². The summed E-state index contributed by atoms with van der Waals surface area (Å²) < 4.78 is 12.3. The summed E-state index contributed by atoms with van der Waals surface area (Å²) in [5, 5.41) is -0.301. The standard InChI is InChI=1S/C37H33NO6S/c39-22-26-16-18-31(19-17-26)43-23-29-24-45-36-32(21-30(40)20-25-10-4-1-5-11-25)35(41)38(36)33(29)37(42)44-34(27-12-6-2-7-13-27)28-14-8-3-9-15-28/h1-19,22,29,32-34,36H,20-21,23-24H2/t29?,32-,33?,36-/m1/s1. The third-order valence-electron chi connectivity index (χ3n) is 8.27. The van der Waals surface area contributed by atoms with Crippen LogP contribution in [-0.4, -0.2) is 52.6 Å². The van der Waals surface area contributed by atoms with Gasteiger partial charge in [0.05, 0.1) is 17.9 Å². The highest BCUT2D eigenvalue weighted by atomic mass is 32.2. The topological polar surface area (TPSA) is 90.0 Å². The second-order valence-electron chi connectivity index (χ2n) is 11.3. The Hall–Kier alpha value is -4.69. The molecule has 6 rings (SSSR count). The van der Waals surface area contributed by atoms with Gasteiger partial charge < -0.3 is 14.4 Å². The van der Waals surface area contributed by atoms with E-state index in [9.17, 15) is 19.2 Å². The van der Waals surface area contributed by atoms with Crippen molar-refractivity contribution in [2.45, 2.75) is 30.4 Å². The van der Waals surface area contributed by atoms with Crippen molar-refractivity contribution in [2.24, 2.45) is 11.8 Å². The van der Waals surface area contributed by atoms with Gasteiger partial charge in [0.15, 0.2) is 6.10 Å². The van der Waals surface area contributed by atoms with E-state index in [1.54, 1.807) is 40.9 Å². The van der Waals surface area contributed by atoms with E-state index in [-0.39, 0.29) is 42.4 Å². The molecule has 2 fully saturated rings. The molecule has 4 aromatic carbocycles. The van der Waals surface area contributed by atoms with Gasteiger partial charge in [0.2, 0.25) is 5.91 Å². The van der Waals surface area contributed by atoms with Crippen molar-refractivity contribution in [1.82, 2.24) is 4.90 Å². The van der Waals surface area contributed by atoms with Crippen molar-refractivity contribution >= 4 is 35.7 Å². The maximum Gasteiger partial charge on any atom is 0.330 e. The first-order valence-corrected chi connectivity index (χ1v) is 16.0. The highest BCUT2D eigenvalue weighted by Crippen LogP contribution is 2.46. The Morgan fingerprint density at radius 2 is 1.44 bits per heavy atom. The molecule has 45 heavy (non-hydrogen) atoms. The van der Waals surface area contributed by atoms with Crippen LogP contribution in [0.3, 0.4) is 0 Å². The van der Waals surface area contributed by atoms with Crippen LogP contribution in [-0.2, 0) is 25.5 Å². The van der Waals surface area contributed by atoms with E-state index in [4.69, 9.17) is 9.47 Å². The number of amides is 1. The molecule has 8 heteroatoms. The first-order chi connectivity index (χ1) is 22.0. The fourth-order valence-corrected chi connectivity index (χ4v) is 7.54. The molecule has 0 bridgehead atoms. The van der Waals surface area contributed by atoms with Crippen LogP contribution in [0, 0.1) is 11.8 Å². The van der Waals surface area contributed by atoms with Crippen LogP contribution in [0.2, 0.25) is 0 Å². The molecule has 0 radical (unpaired) electrons. The average Bonchev–Trinajstić information content (AvgIpc) is 3.09. The number of carbonyl (C=O) groups excluding carboxylic acids is 4. The molecule has 2 unspecified atom stereocenters. The van der Waals surface area contributed by atoms with E-state index >= 15 is 0 Å². The summed E-state index contributed by atoms with van der Waals surface area (Å²) in [6.07, 6.45) is 0.498. The van der Waals surface area contributed by atoms with Gasteiger partial charge >= 0.3 is 5.97 Å². The summed E-state index contributed by atoms with van der Waals surface area (Å²) in [6.45, 7) is 0.169. The zero-order chi connectivity index (χ0) is 31.2.